The van der Waals surface area contributed by atoms with Crippen molar-refractivity contribution in [2.45, 2.75) is 155 Å². The zero-order valence-corrected chi connectivity index (χ0v) is 23.8. The van der Waals surface area contributed by atoms with Crippen LogP contribution in [0.1, 0.15) is 164 Å². The van der Waals surface area contributed by atoms with Crippen LogP contribution in [0.2, 0.25) is 0 Å². The molecule has 36 heavy (non-hydrogen) atoms. The van der Waals surface area contributed by atoms with Gasteiger partial charge in [-0.2, -0.15) is 0 Å². The third-order valence-electron chi connectivity index (χ3n) is 6.93. The first kappa shape index (κ1) is 32.2. The fourth-order valence-corrected chi connectivity index (χ4v) is 4.63. The normalized spacial score (nSPS) is 12.8. The number of rotatable bonds is 22. The summed E-state index contributed by atoms with van der Waals surface area (Å²) in [5.74, 6) is -0.796. The molecule has 1 rings (SSSR count). The number of esters is 2. The molecule has 2 atom stereocenters. The summed E-state index contributed by atoms with van der Waals surface area (Å²) in [4.78, 5) is 26.4. The lowest BCUT2D eigenvalue weighted by atomic mass is 10.0. The van der Waals surface area contributed by atoms with E-state index in [0.29, 0.717) is 11.1 Å². The van der Waals surface area contributed by atoms with Crippen LogP contribution in [0, 0.1) is 0 Å². The van der Waals surface area contributed by atoms with E-state index in [-0.39, 0.29) is 12.2 Å². The summed E-state index contributed by atoms with van der Waals surface area (Å²) in [5, 5.41) is 0. The lowest BCUT2D eigenvalue weighted by molar-refractivity contribution is 0.0201. The van der Waals surface area contributed by atoms with E-state index in [0.717, 1.165) is 77.0 Å². The lowest BCUT2D eigenvalue weighted by Crippen LogP contribution is -2.23. The molecule has 0 aliphatic heterocycles. The van der Waals surface area contributed by atoms with Gasteiger partial charge in [0.05, 0.1) is 11.1 Å². The van der Waals surface area contributed by atoms with Gasteiger partial charge in [0, 0.05) is 0 Å². The third kappa shape index (κ3) is 14.0. The lowest BCUT2D eigenvalue weighted by Gasteiger charge is -2.20. The van der Waals surface area contributed by atoms with E-state index in [1.54, 1.807) is 24.3 Å². The van der Waals surface area contributed by atoms with Gasteiger partial charge in [0.15, 0.2) is 0 Å². The van der Waals surface area contributed by atoms with Crippen molar-refractivity contribution >= 4 is 11.9 Å². The predicted molar refractivity (Wildman–Crippen MR) is 151 cm³/mol. The molecule has 2 unspecified atom stereocenters. The molecule has 0 aliphatic rings. The Labute approximate surface area is 221 Å². The first-order valence-corrected chi connectivity index (χ1v) is 15.1. The molecule has 0 spiro atoms. The van der Waals surface area contributed by atoms with E-state index >= 15 is 0 Å². The van der Waals surface area contributed by atoms with Gasteiger partial charge in [-0.15, -0.1) is 0 Å². The Balaban J connectivity index is 2.86. The summed E-state index contributed by atoms with van der Waals surface area (Å²) in [7, 11) is 0. The summed E-state index contributed by atoms with van der Waals surface area (Å²) in [6.07, 6.45) is 19.3. The summed E-state index contributed by atoms with van der Waals surface area (Å²) in [6.45, 7) is 8.77. The van der Waals surface area contributed by atoms with Crippen molar-refractivity contribution in [3.8, 4) is 0 Å². The first-order chi connectivity index (χ1) is 17.6. The SMILES string of the molecule is CCCCCCC(CCCCC)OC(=O)c1ccccc1C(=O)OC(CCCCC)CCCCCC. The van der Waals surface area contributed by atoms with Gasteiger partial charge in [-0.3, -0.25) is 0 Å². The van der Waals surface area contributed by atoms with Crippen LogP contribution in [0.3, 0.4) is 0 Å². The summed E-state index contributed by atoms with van der Waals surface area (Å²) >= 11 is 0. The smallest absolute Gasteiger partial charge is 0.339 e. The molecule has 1 aromatic carbocycles. The van der Waals surface area contributed by atoms with Crippen LogP contribution in [0.25, 0.3) is 0 Å². The van der Waals surface area contributed by atoms with Crippen LogP contribution in [0.4, 0.5) is 0 Å². The van der Waals surface area contributed by atoms with Crippen LogP contribution in [0.5, 0.6) is 0 Å². The highest BCUT2D eigenvalue weighted by atomic mass is 16.5. The minimum atomic E-state index is -0.398. The quantitative estimate of drug-likeness (QED) is 0.117. The minimum absolute atomic E-state index is 0.0923. The Morgan fingerprint density at radius 3 is 1.17 bits per heavy atom. The second kappa shape index (κ2) is 21.3. The minimum Gasteiger partial charge on any atom is -0.459 e. The first-order valence-electron chi connectivity index (χ1n) is 15.1. The molecule has 4 heteroatoms. The summed E-state index contributed by atoms with van der Waals surface area (Å²) < 4.78 is 12.0. The molecule has 206 valence electrons. The molecule has 0 bridgehead atoms. The van der Waals surface area contributed by atoms with Gasteiger partial charge in [0.1, 0.15) is 12.2 Å². The summed E-state index contributed by atoms with van der Waals surface area (Å²) in [5.41, 5.74) is 0.657. The zero-order valence-electron chi connectivity index (χ0n) is 23.8. The molecular weight excluding hydrogens is 448 g/mol. The molecule has 0 amide bonds. The zero-order chi connectivity index (χ0) is 26.4. The number of unbranched alkanes of at least 4 members (excludes halogenated alkanes) is 10. The number of benzene rings is 1. The topological polar surface area (TPSA) is 52.6 Å². The maximum absolute atomic E-state index is 13.2. The van der Waals surface area contributed by atoms with Crippen LogP contribution in [-0.4, -0.2) is 24.1 Å². The van der Waals surface area contributed by atoms with Gasteiger partial charge < -0.3 is 9.47 Å². The molecule has 1 aromatic rings. The fourth-order valence-electron chi connectivity index (χ4n) is 4.63. The maximum Gasteiger partial charge on any atom is 0.339 e. The number of hydrogen-bond acceptors (Lipinski definition) is 4. The second-order valence-corrected chi connectivity index (χ2v) is 10.3. The van der Waals surface area contributed by atoms with E-state index in [2.05, 4.69) is 27.7 Å². The van der Waals surface area contributed by atoms with Crippen LogP contribution in [0.15, 0.2) is 24.3 Å². The average Bonchev–Trinajstić information content (AvgIpc) is 2.88. The van der Waals surface area contributed by atoms with E-state index in [4.69, 9.17) is 9.47 Å². The second-order valence-electron chi connectivity index (χ2n) is 10.3. The number of carbonyl (C=O) groups excluding carboxylic acids is 2. The number of ether oxygens (including phenoxy) is 2. The number of hydrogen-bond donors (Lipinski definition) is 0. The molecule has 0 aromatic heterocycles. The molecule has 0 radical (unpaired) electrons. The Morgan fingerprint density at radius 1 is 0.528 bits per heavy atom. The third-order valence-corrected chi connectivity index (χ3v) is 6.93. The van der Waals surface area contributed by atoms with Crippen molar-refractivity contribution in [3.63, 3.8) is 0 Å². The Bertz CT molecular complexity index is 640. The molecule has 0 saturated carbocycles. The van der Waals surface area contributed by atoms with Crippen LogP contribution >= 0.6 is 0 Å². The molecule has 4 nitrogen and oxygen atoms in total. The fraction of sp³-hybridized carbons (Fsp3) is 0.750. The van der Waals surface area contributed by atoms with E-state index in [1.807, 2.05) is 0 Å². The van der Waals surface area contributed by atoms with Gasteiger partial charge in [0.25, 0.3) is 0 Å². The number of carbonyl (C=O) groups is 2. The summed E-state index contributed by atoms with van der Waals surface area (Å²) in [6, 6.07) is 6.99. The molecule has 0 aliphatic carbocycles. The van der Waals surface area contributed by atoms with Gasteiger partial charge >= 0.3 is 11.9 Å². The van der Waals surface area contributed by atoms with Crippen molar-refractivity contribution in [2.24, 2.45) is 0 Å². The standard InChI is InChI=1S/C32H54O4/c1-5-9-13-17-23-27(21-15-11-7-3)35-31(33)29-25-19-20-26-30(29)32(34)36-28(22-16-12-8-4)24-18-14-10-6-2/h19-20,25-28H,5-18,21-24H2,1-4H3. The molecular formula is C32H54O4. The highest BCUT2D eigenvalue weighted by molar-refractivity contribution is 6.03. The predicted octanol–water partition coefficient (Wildman–Crippen LogP) is 9.84. The highest BCUT2D eigenvalue weighted by Gasteiger charge is 2.24. The average molecular weight is 503 g/mol. The largest absolute Gasteiger partial charge is 0.459 e. The Morgan fingerprint density at radius 2 is 0.833 bits per heavy atom. The van der Waals surface area contributed by atoms with Crippen molar-refractivity contribution in [1.29, 1.82) is 0 Å². The molecule has 0 saturated heterocycles. The van der Waals surface area contributed by atoms with Crippen LogP contribution < -0.4 is 0 Å². The van der Waals surface area contributed by atoms with Gasteiger partial charge in [0.2, 0.25) is 0 Å². The van der Waals surface area contributed by atoms with E-state index in [9.17, 15) is 9.59 Å². The van der Waals surface area contributed by atoms with E-state index in [1.165, 1.54) is 38.5 Å². The van der Waals surface area contributed by atoms with Crippen molar-refractivity contribution in [1.82, 2.24) is 0 Å². The Hall–Kier alpha value is -1.84. The molecule has 0 fully saturated rings. The van der Waals surface area contributed by atoms with Crippen molar-refractivity contribution in [2.75, 3.05) is 0 Å². The Kier molecular flexibility index (Phi) is 19.0. The molecule has 0 N–H and O–H groups in total. The highest BCUT2D eigenvalue weighted by Crippen LogP contribution is 2.21. The van der Waals surface area contributed by atoms with Gasteiger partial charge in [-0.1, -0.05) is 104 Å². The van der Waals surface area contributed by atoms with Crippen molar-refractivity contribution < 1.29 is 19.1 Å². The molecule has 0 heterocycles. The maximum atomic E-state index is 13.2. The van der Waals surface area contributed by atoms with Gasteiger partial charge in [-0.05, 0) is 63.5 Å². The van der Waals surface area contributed by atoms with Gasteiger partial charge in [-0.25, -0.2) is 9.59 Å². The van der Waals surface area contributed by atoms with Crippen molar-refractivity contribution in [3.05, 3.63) is 35.4 Å². The van der Waals surface area contributed by atoms with Crippen LogP contribution in [-0.2, 0) is 9.47 Å². The monoisotopic (exact) mass is 502 g/mol. The van der Waals surface area contributed by atoms with E-state index < -0.39 is 11.9 Å².